The van der Waals surface area contributed by atoms with E-state index in [1.54, 1.807) is 4.40 Å². The number of imidazole rings is 1. The quantitative estimate of drug-likeness (QED) is 0.715. The zero-order chi connectivity index (χ0) is 13.8. The van der Waals surface area contributed by atoms with E-state index in [1.807, 2.05) is 42.7 Å². The van der Waals surface area contributed by atoms with E-state index in [2.05, 4.69) is 10.2 Å². The summed E-state index contributed by atoms with van der Waals surface area (Å²) in [4.78, 5) is 0. The third-order valence-corrected chi connectivity index (χ3v) is 3.99. The topological polar surface area (TPSA) is 69.3 Å². The van der Waals surface area contributed by atoms with E-state index in [9.17, 15) is 8.42 Å². The standard InChI is InChI=1S/C12H14N4O2S/c1-8(2)15-9-6-4-5-7-10(9)16-11(15)13-14-12(16)19(3,17)18/h4-8H,1-3H3. The minimum absolute atomic E-state index is 0.0156. The Morgan fingerprint density at radius 1 is 1.11 bits per heavy atom. The summed E-state index contributed by atoms with van der Waals surface area (Å²) in [7, 11) is -3.41. The lowest BCUT2D eigenvalue weighted by Crippen LogP contribution is -2.03. The second-order valence-electron chi connectivity index (χ2n) is 4.84. The summed E-state index contributed by atoms with van der Waals surface area (Å²) in [5.74, 6) is 0.552. The molecule has 0 saturated carbocycles. The summed E-state index contributed by atoms with van der Waals surface area (Å²) in [6, 6.07) is 7.79. The third-order valence-electron chi connectivity index (χ3n) is 3.06. The Morgan fingerprint density at radius 2 is 1.74 bits per heavy atom. The van der Waals surface area contributed by atoms with Gasteiger partial charge in [-0.3, -0.25) is 0 Å². The molecular weight excluding hydrogens is 264 g/mol. The molecule has 0 N–H and O–H groups in total. The molecule has 3 rings (SSSR count). The van der Waals surface area contributed by atoms with Crippen molar-refractivity contribution < 1.29 is 8.42 Å². The van der Waals surface area contributed by atoms with E-state index < -0.39 is 9.84 Å². The van der Waals surface area contributed by atoms with Crippen molar-refractivity contribution >= 4 is 26.6 Å². The van der Waals surface area contributed by atoms with Crippen molar-refractivity contribution in [3.63, 3.8) is 0 Å². The fourth-order valence-electron chi connectivity index (χ4n) is 2.34. The van der Waals surface area contributed by atoms with E-state index in [1.165, 1.54) is 0 Å². The first-order chi connectivity index (χ1) is 8.91. The van der Waals surface area contributed by atoms with Crippen LogP contribution in [0.5, 0.6) is 0 Å². The normalized spacial score (nSPS) is 12.8. The second-order valence-corrected chi connectivity index (χ2v) is 6.75. The number of fused-ring (bicyclic) bond motifs is 3. The van der Waals surface area contributed by atoms with Crippen molar-refractivity contribution in [2.75, 3.05) is 6.26 Å². The van der Waals surface area contributed by atoms with Crippen LogP contribution in [0.4, 0.5) is 0 Å². The predicted octanol–water partition coefficient (Wildman–Crippen LogP) is 1.67. The lowest BCUT2D eigenvalue weighted by atomic mass is 10.3. The van der Waals surface area contributed by atoms with Crippen molar-refractivity contribution in [3.05, 3.63) is 24.3 Å². The van der Waals surface area contributed by atoms with Crippen molar-refractivity contribution in [2.24, 2.45) is 0 Å². The Balaban J connectivity index is 2.59. The molecule has 1 aromatic carbocycles. The Kier molecular flexibility index (Phi) is 2.43. The van der Waals surface area contributed by atoms with Crippen molar-refractivity contribution in [1.82, 2.24) is 19.2 Å². The average molecular weight is 278 g/mol. The van der Waals surface area contributed by atoms with Crippen LogP contribution in [0.3, 0.4) is 0 Å². The average Bonchev–Trinajstić information content (AvgIpc) is 2.84. The number of aromatic nitrogens is 4. The van der Waals surface area contributed by atoms with E-state index in [0.717, 1.165) is 17.3 Å². The van der Waals surface area contributed by atoms with E-state index in [0.29, 0.717) is 5.78 Å². The fourth-order valence-corrected chi connectivity index (χ4v) is 3.04. The highest BCUT2D eigenvalue weighted by atomic mass is 32.2. The van der Waals surface area contributed by atoms with Crippen LogP contribution in [0.1, 0.15) is 19.9 Å². The van der Waals surface area contributed by atoms with Gasteiger partial charge in [-0.05, 0) is 26.0 Å². The van der Waals surface area contributed by atoms with Gasteiger partial charge < -0.3 is 4.57 Å². The van der Waals surface area contributed by atoms with Crippen LogP contribution in [0.2, 0.25) is 0 Å². The molecule has 0 radical (unpaired) electrons. The maximum atomic E-state index is 11.8. The minimum atomic E-state index is -3.41. The smallest absolute Gasteiger partial charge is 0.255 e. The zero-order valence-corrected chi connectivity index (χ0v) is 11.7. The van der Waals surface area contributed by atoms with Crippen LogP contribution in [0, 0.1) is 0 Å². The van der Waals surface area contributed by atoms with E-state index in [4.69, 9.17) is 0 Å². The highest BCUT2D eigenvalue weighted by molar-refractivity contribution is 7.90. The molecule has 0 fully saturated rings. The molecular formula is C12H14N4O2S. The summed E-state index contributed by atoms with van der Waals surface area (Å²) in [6.45, 7) is 4.06. The van der Waals surface area contributed by atoms with Gasteiger partial charge in [0.1, 0.15) is 0 Å². The lowest BCUT2D eigenvalue weighted by Gasteiger charge is -2.07. The first-order valence-electron chi connectivity index (χ1n) is 5.95. The molecule has 0 aliphatic carbocycles. The number of sulfone groups is 1. The predicted molar refractivity (Wildman–Crippen MR) is 72.0 cm³/mol. The fraction of sp³-hybridized carbons (Fsp3) is 0.333. The molecule has 2 aromatic heterocycles. The van der Waals surface area contributed by atoms with E-state index in [-0.39, 0.29) is 11.2 Å². The number of rotatable bonds is 2. The number of para-hydroxylation sites is 2. The highest BCUT2D eigenvalue weighted by Crippen LogP contribution is 2.25. The highest BCUT2D eigenvalue weighted by Gasteiger charge is 2.23. The molecule has 0 atom stereocenters. The Labute approximate surface area is 110 Å². The first-order valence-corrected chi connectivity index (χ1v) is 7.84. The Morgan fingerprint density at radius 3 is 2.32 bits per heavy atom. The van der Waals surface area contributed by atoms with Crippen LogP contribution < -0.4 is 0 Å². The molecule has 0 aliphatic heterocycles. The van der Waals surface area contributed by atoms with Gasteiger partial charge in [-0.25, -0.2) is 12.8 Å². The molecule has 3 aromatic rings. The lowest BCUT2D eigenvalue weighted by molar-refractivity contribution is 0.592. The van der Waals surface area contributed by atoms with Gasteiger partial charge in [0.2, 0.25) is 15.6 Å². The zero-order valence-electron chi connectivity index (χ0n) is 10.9. The maximum absolute atomic E-state index is 11.8. The van der Waals surface area contributed by atoms with Crippen molar-refractivity contribution in [1.29, 1.82) is 0 Å². The van der Waals surface area contributed by atoms with Gasteiger partial charge in [-0.2, -0.15) is 0 Å². The number of hydrogen-bond donors (Lipinski definition) is 0. The van der Waals surface area contributed by atoms with Gasteiger partial charge in [-0.1, -0.05) is 12.1 Å². The van der Waals surface area contributed by atoms with E-state index >= 15 is 0 Å². The van der Waals surface area contributed by atoms with Gasteiger partial charge in [0, 0.05) is 12.3 Å². The molecule has 0 unspecified atom stereocenters. The Bertz CT molecular complexity index is 874. The number of nitrogens with zero attached hydrogens (tertiary/aromatic N) is 4. The summed E-state index contributed by atoms with van der Waals surface area (Å²) in [6.07, 6.45) is 1.14. The van der Waals surface area contributed by atoms with Gasteiger partial charge in [-0.15, -0.1) is 10.2 Å². The molecule has 2 heterocycles. The van der Waals surface area contributed by atoms with Crippen LogP contribution in [-0.2, 0) is 9.84 Å². The molecule has 0 aliphatic rings. The molecule has 0 spiro atoms. The van der Waals surface area contributed by atoms with Crippen LogP contribution in [-0.4, -0.2) is 33.8 Å². The third kappa shape index (κ3) is 1.65. The molecule has 19 heavy (non-hydrogen) atoms. The maximum Gasteiger partial charge on any atom is 0.255 e. The summed E-state index contributed by atoms with van der Waals surface area (Å²) < 4.78 is 27.2. The molecule has 100 valence electrons. The summed E-state index contributed by atoms with van der Waals surface area (Å²) >= 11 is 0. The van der Waals surface area contributed by atoms with Crippen molar-refractivity contribution in [2.45, 2.75) is 25.0 Å². The molecule has 6 nitrogen and oxygen atoms in total. The largest absolute Gasteiger partial charge is 0.306 e. The monoisotopic (exact) mass is 278 g/mol. The first kappa shape index (κ1) is 12.2. The van der Waals surface area contributed by atoms with Crippen LogP contribution in [0.25, 0.3) is 16.8 Å². The molecule has 0 saturated heterocycles. The van der Waals surface area contributed by atoms with Gasteiger partial charge >= 0.3 is 0 Å². The molecule has 7 heteroatoms. The van der Waals surface area contributed by atoms with Gasteiger partial charge in [0.05, 0.1) is 11.0 Å². The summed E-state index contributed by atoms with van der Waals surface area (Å²) in [5.41, 5.74) is 1.75. The van der Waals surface area contributed by atoms with Gasteiger partial charge in [0.25, 0.3) is 5.16 Å². The van der Waals surface area contributed by atoms with Gasteiger partial charge in [0.15, 0.2) is 0 Å². The number of benzene rings is 1. The SMILES string of the molecule is CC(C)n1c2ccccc2n2c(S(C)(=O)=O)nnc12. The Hall–Kier alpha value is -1.89. The van der Waals surface area contributed by atoms with Crippen LogP contribution in [0.15, 0.2) is 29.4 Å². The van der Waals surface area contributed by atoms with Crippen molar-refractivity contribution in [3.8, 4) is 0 Å². The minimum Gasteiger partial charge on any atom is -0.306 e. The second kappa shape index (κ2) is 3.80. The molecule has 0 bridgehead atoms. The summed E-state index contributed by atoms with van der Waals surface area (Å²) in [5, 5.41) is 7.85. The molecule has 0 amide bonds. The van der Waals surface area contributed by atoms with Crippen LogP contribution >= 0.6 is 0 Å². The number of hydrogen-bond acceptors (Lipinski definition) is 4.